The van der Waals surface area contributed by atoms with Crippen molar-refractivity contribution in [3.05, 3.63) is 0 Å². The number of aliphatic hydroxyl groups is 1. The lowest BCUT2D eigenvalue weighted by molar-refractivity contribution is -0.313. The topological polar surface area (TPSA) is 55.8 Å². The SMILES string of the molecule is C[C@@H]1CC(=O)C[C@@]2(C[C@@H](O)C[C@H](C)O2)O1. The van der Waals surface area contributed by atoms with Crippen molar-refractivity contribution in [2.45, 2.75) is 63.6 Å². The highest BCUT2D eigenvalue weighted by atomic mass is 16.7. The molecule has 0 saturated carbocycles. The third-order valence-electron chi connectivity index (χ3n) is 2.96. The van der Waals surface area contributed by atoms with Crippen molar-refractivity contribution >= 4 is 5.78 Å². The first-order valence-corrected chi connectivity index (χ1v) is 5.54. The van der Waals surface area contributed by atoms with Gasteiger partial charge in [-0.2, -0.15) is 0 Å². The van der Waals surface area contributed by atoms with Gasteiger partial charge < -0.3 is 14.6 Å². The van der Waals surface area contributed by atoms with E-state index in [1.54, 1.807) is 0 Å². The monoisotopic (exact) mass is 214 g/mol. The van der Waals surface area contributed by atoms with E-state index >= 15 is 0 Å². The molecule has 15 heavy (non-hydrogen) atoms. The molecule has 0 radical (unpaired) electrons. The Hall–Kier alpha value is -0.450. The average Bonchev–Trinajstić information content (AvgIpc) is 1.96. The number of carbonyl (C=O) groups excluding carboxylic acids is 1. The van der Waals surface area contributed by atoms with Gasteiger partial charge in [0.1, 0.15) is 5.78 Å². The van der Waals surface area contributed by atoms with Gasteiger partial charge in [0.2, 0.25) is 0 Å². The van der Waals surface area contributed by atoms with Gasteiger partial charge in [-0.1, -0.05) is 0 Å². The highest BCUT2D eigenvalue weighted by Crippen LogP contribution is 2.37. The van der Waals surface area contributed by atoms with Gasteiger partial charge >= 0.3 is 0 Å². The predicted octanol–water partition coefficient (Wildman–Crippen LogP) is 1.01. The predicted molar refractivity (Wildman–Crippen MR) is 53.3 cm³/mol. The molecule has 0 aliphatic carbocycles. The zero-order valence-corrected chi connectivity index (χ0v) is 9.23. The minimum Gasteiger partial charge on any atom is -0.393 e. The zero-order chi connectivity index (χ0) is 11.1. The fourth-order valence-corrected chi connectivity index (χ4v) is 2.62. The molecule has 2 aliphatic rings. The minimum atomic E-state index is -0.855. The molecule has 1 N–H and O–H groups in total. The molecule has 2 fully saturated rings. The molecule has 4 heteroatoms. The van der Waals surface area contributed by atoms with E-state index in [4.69, 9.17) is 9.47 Å². The summed E-state index contributed by atoms with van der Waals surface area (Å²) in [4.78, 5) is 11.5. The maximum Gasteiger partial charge on any atom is 0.178 e. The Morgan fingerprint density at radius 3 is 2.60 bits per heavy atom. The number of ketones is 1. The first-order chi connectivity index (χ1) is 6.99. The molecule has 2 aliphatic heterocycles. The van der Waals surface area contributed by atoms with E-state index in [-0.39, 0.29) is 24.4 Å². The summed E-state index contributed by atoms with van der Waals surface area (Å²) in [5.41, 5.74) is 0. The largest absolute Gasteiger partial charge is 0.393 e. The molecule has 2 saturated heterocycles. The van der Waals surface area contributed by atoms with E-state index in [1.165, 1.54) is 0 Å². The Morgan fingerprint density at radius 1 is 1.33 bits per heavy atom. The van der Waals surface area contributed by atoms with Crippen LogP contribution < -0.4 is 0 Å². The lowest BCUT2D eigenvalue weighted by Crippen LogP contribution is -2.52. The van der Waals surface area contributed by atoms with Crippen molar-refractivity contribution in [3.8, 4) is 0 Å². The van der Waals surface area contributed by atoms with E-state index in [1.807, 2.05) is 13.8 Å². The van der Waals surface area contributed by atoms with E-state index in [9.17, 15) is 9.90 Å². The molecule has 0 aromatic carbocycles. The summed E-state index contributed by atoms with van der Waals surface area (Å²) in [6.45, 7) is 3.77. The number of aliphatic hydroxyl groups excluding tert-OH is 1. The van der Waals surface area contributed by atoms with Crippen molar-refractivity contribution in [1.29, 1.82) is 0 Å². The number of hydrogen-bond donors (Lipinski definition) is 1. The smallest absolute Gasteiger partial charge is 0.178 e. The second kappa shape index (κ2) is 3.85. The molecule has 1 spiro atoms. The first-order valence-electron chi connectivity index (χ1n) is 5.54. The number of carbonyl (C=O) groups is 1. The van der Waals surface area contributed by atoms with E-state index < -0.39 is 11.9 Å². The Kier molecular flexibility index (Phi) is 2.83. The zero-order valence-electron chi connectivity index (χ0n) is 9.23. The van der Waals surface area contributed by atoms with Crippen LogP contribution in [-0.2, 0) is 14.3 Å². The van der Waals surface area contributed by atoms with Crippen molar-refractivity contribution in [2.24, 2.45) is 0 Å². The molecule has 0 aromatic heterocycles. The van der Waals surface area contributed by atoms with Gasteiger partial charge in [0.15, 0.2) is 5.79 Å². The summed E-state index contributed by atoms with van der Waals surface area (Å²) in [7, 11) is 0. The highest BCUT2D eigenvalue weighted by molar-refractivity contribution is 5.80. The summed E-state index contributed by atoms with van der Waals surface area (Å²) >= 11 is 0. The van der Waals surface area contributed by atoms with Crippen LogP contribution in [0.4, 0.5) is 0 Å². The number of rotatable bonds is 0. The van der Waals surface area contributed by atoms with Gasteiger partial charge in [0, 0.05) is 12.8 Å². The molecule has 2 rings (SSSR count). The summed E-state index contributed by atoms with van der Waals surface area (Å²) in [6, 6.07) is 0. The van der Waals surface area contributed by atoms with Gasteiger partial charge in [-0.25, -0.2) is 0 Å². The lowest BCUT2D eigenvalue weighted by atomic mass is 9.91. The Bertz CT molecular complexity index is 248. The minimum absolute atomic E-state index is 0.0492. The summed E-state index contributed by atoms with van der Waals surface area (Å²) < 4.78 is 11.4. The molecule has 0 unspecified atom stereocenters. The van der Waals surface area contributed by atoms with E-state index in [2.05, 4.69) is 0 Å². The normalized spacial score (nSPS) is 47.1. The molecule has 0 bridgehead atoms. The van der Waals surface area contributed by atoms with Crippen LogP contribution in [0.2, 0.25) is 0 Å². The van der Waals surface area contributed by atoms with Crippen LogP contribution in [0, 0.1) is 0 Å². The Morgan fingerprint density at radius 2 is 2.00 bits per heavy atom. The quantitative estimate of drug-likeness (QED) is 0.654. The highest BCUT2D eigenvalue weighted by Gasteiger charge is 2.46. The molecule has 0 aromatic rings. The summed E-state index contributed by atoms with van der Waals surface area (Å²) in [6.07, 6.45) is 1.18. The van der Waals surface area contributed by atoms with E-state index in [0.29, 0.717) is 19.3 Å². The Labute approximate surface area is 89.6 Å². The van der Waals surface area contributed by atoms with Gasteiger partial charge in [-0.3, -0.25) is 4.79 Å². The average molecular weight is 214 g/mol. The van der Waals surface area contributed by atoms with Gasteiger partial charge in [0.05, 0.1) is 24.7 Å². The summed E-state index contributed by atoms with van der Waals surface area (Å²) in [5, 5.41) is 9.70. The van der Waals surface area contributed by atoms with Crippen LogP contribution in [0.15, 0.2) is 0 Å². The third kappa shape index (κ3) is 2.38. The third-order valence-corrected chi connectivity index (χ3v) is 2.96. The molecule has 4 atom stereocenters. The Balaban J connectivity index is 2.13. The van der Waals surface area contributed by atoms with Crippen molar-refractivity contribution in [1.82, 2.24) is 0 Å². The maximum atomic E-state index is 11.5. The van der Waals surface area contributed by atoms with Crippen LogP contribution >= 0.6 is 0 Å². The number of hydrogen-bond acceptors (Lipinski definition) is 4. The first kappa shape index (κ1) is 11.0. The lowest BCUT2D eigenvalue weighted by Gasteiger charge is -2.45. The van der Waals surface area contributed by atoms with E-state index in [0.717, 1.165) is 0 Å². The van der Waals surface area contributed by atoms with Crippen LogP contribution in [-0.4, -0.2) is 35.0 Å². The molecular weight excluding hydrogens is 196 g/mol. The molecule has 86 valence electrons. The summed E-state index contributed by atoms with van der Waals surface area (Å²) in [5.74, 6) is -0.693. The molecule has 2 heterocycles. The standard InChI is InChI=1S/C11H18O4/c1-7-3-9(12)5-11(14-7)6-10(13)4-8(2)15-11/h7-9,12H,3-6H2,1-2H3/t7-,8+,9-,11+/m0/s1. The fraction of sp³-hybridized carbons (Fsp3) is 0.909. The fourth-order valence-electron chi connectivity index (χ4n) is 2.62. The van der Waals surface area contributed by atoms with Gasteiger partial charge in [-0.15, -0.1) is 0 Å². The molecular formula is C11H18O4. The second-order valence-electron chi connectivity index (χ2n) is 4.78. The van der Waals surface area contributed by atoms with Crippen LogP contribution in [0.5, 0.6) is 0 Å². The second-order valence-corrected chi connectivity index (χ2v) is 4.78. The molecule has 0 amide bonds. The van der Waals surface area contributed by atoms with Gasteiger partial charge in [0.25, 0.3) is 0 Å². The number of Topliss-reactive ketones (excluding diaryl/α,β-unsaturated/α-hetero) is 1. The van der Waals surface area contributed by atoms with Crippen molar-refractivity contribution in [2.75, 3.05) is 0 Å². The number of ether oxygens (including phenoxy) is 2. The van der Waals surface area contributed by atoms with Crippen LogP contribution in [0.25, 0.3) is 0 Å². The maximum absolute atomic E-state index is 11.5. The van der Waals surface area contributed by atoms with Gasteiger partial charge in [-0.05, 0) is 20.3 Å². The molecule has 4 nitrogen and oxygen atoms in total. The van der Waals surface area contributed by atoms with Crippen molar-refractivity contribution < 1.29 is 19.4 Å². The van der Waals surface area contributed by atoms with Crippen molar-refractivity contribution in [3.63, 3.8) is 0 Å². The van der Waals surface area contributed by atoms with Crippen LogP contribution in [0.3, 0.4) is 0 Å². The van der Waals surface area contributed by atoms with Crippen LogP contribution in [0.1, 0.15) is 39.5 Å².